The number of aliphatic hydroxyl groups is 1. The third-order valence-corrected chi connectivity index (χ3v) is 3.65. The molecule has 3 nitrogen and oxygen atoms in total. The fourth-order valence-electron chi connectivity index (χ4n) is 2.00. The van der Waals surface area contributed by atoms with E-state index in [4.69, 9.17) is 0 Å². The van der Waals surface area contributed by atoms with Crippen LogP contribution in [0.5, 0.6) is 0 Å². The summed E-state index contributed by atoms with van der Waals surface area (Å²) in [5, 5.41) is 12.8. The van der Waals surface area contributed by atoms with E-state index in [9.17, 15) is 5.11 Å². The Hall–Kier alpha value is -0.120. The Morgan fingerprint density at radius 1 is 1.29 bits per heavy atom. The van der Waals surface area contributed by atoms with Gasteiger partial charge in [-0.05, 0) is 38.9 Å². The summed E-state index contributed by atoms with van der Waals surface area (Å²) in [4.78, 5) is 2.49. The van der Waals surface area contributed by atoms with Crippen molar-refractivity contribution in [1.29, 1.82) is 0 Å². The largest absolute Gasteiger partial charge is 0.394 e. The van der Waals surface area contributed by atoms with E-state index in [1.807, 2.05) is 0 Å². The second kappa shape index (κ2) is 8.90. The molecule has 0 aromatic rings. The normalized spacial score (nSPS) is 17.1. The number of nitrogens with one attached hydrogen (secondary N) is 1. The molecule has 0 aliphatic rings. The zero-order valence-electron chi connectivity index (χ0n) is 12.4. The first-order valence-corrected chi connectivity index (χ1v) is 7.09. The molecule has 0 heterocycles. The van der Waals surface area contributed by atoms with Crippen molar-refractivity contribution >= 4 is 0 Å². The Labute approximate surface area is 108 Å². The third-order valence-electron chi connectivity index (χ3n) is 3.65. The molecule has 17 heavy (non-hydrogen) atoms. The first kappa shape index (κ1) is 16.9. The highest BCUT2D eigenvalue weighted by Gasteiger charge is 2.22. The molecule has 0 aromatic carbocycles. The fraction of sp³-hybridized carbons (Fsp3) is 1.00. The van der Waals surface area contributed by atoms with Crippen LogP contribution in [0.3, 0.4) is 0 Å². The molecule has 2 atom stereocenters. The van der Waals surface area contributed by atoms with Gasteiger partial charge in [-0.2, -0.15) is 0 Å². The molecule has 104 valence electrons. The molecule has 0 rings (SSSR count). The molecular formula is C14H32N2O. The second-order valence-electron chi connectivity index (χ2n) is 5.41. The van der Waals surface area contributed by atoms with Crippen LogP contribution in [0.1, 0.15) is 47.5 Å². The summed E-state index contributed by atoms with van der Waals surface area (Å²) in [7, 11) is 0. The molecule has 0 saturated carbocycles. The van der Waals surface area contributed by atoms with Crippen LogP contribution in [0.2, 0.25) is 0 Å². The highest BCUT2D eigenvalue weighted by Crippen LogP contribution is 2.11. The van der Waals surface area contributed by atoms with Crippen LogP contribution in [0.15, 0.2) is 0 Å². The molecule has 0 radical (unpaired) electrons. The van der Waals surface area contributed by atoms with E-state index in [1.54, 1.807) is 0 Å². The first-order chi connectivity index (χ1) is 8.01. The summed E-state index contributed by atoms with van der Waals surface area (Å²) in [6.45, 7) is 15.4. The van der Waals surface area contributed by atoms with E-state index in [1.165, 1.54) is 13.0 Å². The first-order valence-electron chi connectivity index (χ1n) is 7.09. The minimum absolute atomic E-state index is 0.127. The summed E-state index contributed by atoms with van der Waals surface area (Å²) in [5.41, 5.74) is -0.127. The van der Waals surface area contributed by atoms with Crippen LogP contribution in [0, 0.1) is 5.92 Å². The van der Waals surface area contributed by atoms with E-state index in [2.05, 4.69) is 44.8 Å². The standard InChI is InChI=1S/C14H32N2O/c1-6-13(4)11-16(8-3)10-9-14(5,12-17)15-7-2/h13,15,17H,6-12H2,1-5H3. The van der Waals surface area contributed by atoms with Gasteiger partial charge in [-0.1, -0.05) is 34.1 Å². The summed E-state index contributed by atoms with van der Waals surface area (Å²) >= 11 is 0. The van der Waals surface area contributed by atoms with Crippen molar-refractivity contribution in [3.8, 4) is 0 Å². The molecule has 3 heteroatoms. The number of nitrogens with zero attached hydrogens (tertiary/aromatic N) is 1. The lowest BCUT2D eigenvalue weighted by Crippen LogP contribution is -2.48. The van der Waals surface area contributed by atoms with Crippen LogP contribution >= 0.6 is 0 Å². The Morgan fingerprint density at radius 3 is 2.35 bits per heavy atom. The van der Waals surface area contributed by atoms with E-state index in [-0.39, 0.29) is 12.1 Å². The maximum absolute atomic E-state index is 9.45. The minimum Gasteiger partial charge on any atom is -0.394 e. The summed E-state index contributed by atoms with van der Waals surface area (Å²) in [5.74, 6) is 0.759. The van der Waals surface area contributed by atoms with Gasteiger partial charge in [-0.25, -0.2) is 0 Å². The SMILES string of the molecule is CCNC(C)(CO)CCN(CC)CC(C)CC. The molecule has 0 amide bonds. The van der Waals surface area contributed by atoms with E-state index < -0.39 is 0 Å². The molecule has 0 saturated heterocycles. The second-order valence-corrected chi connectivity index (χ2v) is 5.41. The third kappa shape index (κ3) is 7.02. The van der Waals surface area contributed by atoms with Crippen molar-refractivity contribution in [2.75, 3.05) is 32.8 Å². The van der Waals surface area contributed by atoms with E-state index >= 15 is 0 Å². The van der Waals surface area contributed by atoms with Gasteiger partial charge in [0.2, 0.25) is 0 Å². The predicted octanol–water partition coefficient (Wildman–Crippen LogP) is 2.10. The Balaban J connectivity index is 4.11. The fourth-order valence-corrected chi connectivity index (χ4v) is 2.00. The van der Waals surface area contributed by atoms with E-state index in [0.717, 1.165) is 32.0 Å². The van der Waals surface area contributed by atoms with Crippen molar-refractivity contribution in [3.05, 3.63) is 0 Å². The Kier molecular flexibility index (Phi) is 8.83. The molecule has 0 aromatic heterocycles. The predicted molar refractivity (Wildman–Crippen MR) is 75.4 cm³/mol. The van der Waals surface area contributed by atoms with Gasteiger partial charge in [0.05, 0.1) is 6.61 Å². The highest BCUT2D eigenvalue weighted by atomic mass is 16.3. The van der Waals surface area contributed by atoms with Crippen molar-refractivity contribution in [2.45, 2.75) is 53.0 Å². The Bertz CT molecular complexity index is 187. The van der Waals surface area contributed by atoms with E-state index in [0.29, 0.717) is 0 Å². The van der Waals surface area contributed by atoms with Gasteiger partial charge in [0.15, 0.2) is 0 Å². The van der Waals surface area contributed by atoms with Gasteiger partial charge in [0.25, 0.3) is 0 Å². The van der Waals surface area contributed by atoms with Crippen LogP contribution in [-0.4, -0.2) is 48.3 Å². The summed E-state index contributed by atoms with van der Waals surface area (Å²) in [6.07, 6.45) is 2.24. The zero-order chi connectivity index (χ0) is 13.3. The van der Waals surface area contributed by atoms with Crippen LogP contribution in [-0.2, 0) is 0 Å². The number of likely N-dealkylation sites (N-methyl/N-ethyl adjacent to an activating group) is 1. The van der Waals surface area contributed by atoms with Gasteiger partial charge in [-0.3, -0.25) is 0 Å². The lowest BCUT2D eigenvalue weighted by molar-refractivity contribution is 0.143. The number of hydrogen-bond donors (Lipinski definition) is 2. The van der Waals surface area contributed by atoms with Gasteiger partial charge in [0, 0.05) is 12.1 Å². The Morgan fingerprint density at radius 2 is 1.94 bits per heavy atom. The van der Waals surface area contributed by atoms with Gasteiger partial charge >= 0.3 is 0 Å². The molecule has 0 spiro atoms. The lowest BCUT2D eigenvalue weighted by atomic mass is 9.98. The molecule has 0 bridgehead atoms. The molecule has 2 N–H and O–H groups in total. The van der Waals surface area contributed by atoms with Gasteiger partial charge in [-0.15, -0.1) is 0 Å². The van der Waals surface area contributed by atoms with Gasteiger partial charge < -0.3 is 15.3 Å². The van der Waals surface area contributed by atoms with Crippen molar-refractivity contribution in [2.24, 2.45) is 5.92 Å². The average Bonchev–Trinajstić information content (AvgIpc) is 2.34. The monoisotopic (exact) mass is 244 g/mol. The number of hydrogen-bond acceptors (Lipinski definition) is 3. The highest BCUT2D eigenvalue weighted by molar-refractivity contribution is 4.83. The molecule has 0 fully saturated rings. The van der Waals surface area contributed by atoms with Gasteiger partial charge in [0.1, 0.15) is 0 Å². The maximum Gasteiger partial charge on any atom is 0.0611 e. The average molecular weight is 244 g/mol. The quantitative estimate of drug-likeness (QED) is 0.618. The van der Waals surface area contributed by atoms with Crippen molar-refractivity contribution in [3.63, 3.8) is 0 Å². The smallest absolute Gasteiger partial charge is 0.0611 e. The lowest BCUT2D eigenvalue weighted by Gasteiger charge is -2.32. The maximum atomic E-state index is 9.45. The molecular weight excluding hydrogens is 212 g/mol. The van der Waals surface area contributed by atoms with Crippen LogP contribution < -0.4 is 5.32 Å². The minimum atomic E-state index is -0.127. The topological polar surface area (TPSA) is 35.5 Å². The molecule has 2 unspecified atom stereocenters. The zero-order valence-corrected chi connectivity index (χ0v) is 12.4. The van der Waals surface area contributed by atoms with Crippen LogP contribution in [0.4, 0.5) is 0 Å². The number of aliphatic hydroxyl groups excluding tert-OH is 1. The number of rotatable bonds is 10. The molecule has 0 aliphatic carbocycles. The van der Waals surface area contributed by atoms with Crippen LogP contribution in [0.25, 0.3) is 0 Å². The summed E-state index contributed by atoms with van der Waals surface area (Å²) < 4.78 is 0. The van der Waals surface area contributed by atoms with Crippen molar-refractivity contribution < 1.29 is 5.11 Å². The molecule has 0 aliphatic heterocycles. The summed E-state index contributed by atoms with van der Waals surface area (Å²) in [6, 6.07) is 0. The van der Waals surface area contributed by atoms with Crippen molar-refractivity contribution in [1.82, 2.24) is 10.2 Å².